The van der Waals surface area contributed by atoms with Crippen molar-refractivity contribution < 1.29 is 13.9 Å². The first-order valence-electron chi connectivity index (χ1n) is 8.25. The third-order valence-electron chi connectivity index (χ3n) is 4.36. The molecule has 1 N–H and O–H groups in total. The maximum Gasteiger partial charge on any atom is 0.251 e. The lowest BCUT2D eigenvalue weighted by molar-refractivity contribution is 0.0941. The number of rotatable bonds is 6. The minimum absolute atomic E-state index is 0.0261. The van der Waals surface area contributed by atoms with Crippen molar-refractivity contribution in [3.8, 4) is 5.75 Å². The molecule has 0 bridgehead atoms. The van der Waals surface area contributed by atoms with Crippen LogP contribution in [0.25, 0.3) is 10.1 Å². The molecule has 1 aromatic heterocycles. The highest BCUT2D eigenvalue weighted by Gasteiger charge is 2.19. The average Bonchev–Trinajstić information content (AvgIpc) is 3.05. The fourth-order valence-electron chi connectivity index (χ4n) is 2.93. The quantitative estimate of drug-likeness (QED) is 0.709. The van der Waals surface area contributed by atoms with Crippen LogP contribution in [-0.2, 0) is 0 Å². The third kappa shape index (κ3) is 3.71. The number of methoxy groups -OCH3 is 1. The maximum absolute atomic E-state index is 13.8. The first kappa shape index (κ1) is 18.4. The van der Waals surface area contributed by atoms with Crippen molar-refractivity contribution in [3.63, 3.8) is 0 Å². The highest BCUT2D eigenvalue weighted by atomic mass is 32.1. The summed E-state index contributed by atoms with van der Waals surface area (Å²) in [6.07, 6.45) is 0. The van der Waals surface area contributed by atoms with Crippen LogP contribution >= 0.6 is 11.3 Å². The van der Waals surface area contributed by atoms with Gasteiger partial charge in [-0.3, -0.25) is 4.79 Å². The standard InChI is InChI=1S/C20H21FN2O2S/c1-23(2)17(15-12-26-19-7-5-4-6-14(15)19)11-22-20(24)13-8-9-18(25-3)16(21)10-13/h4-10,12,17H,11H2,1-3H3,(H,22,24)/t17-/m0/s1. The van der Waals surface area contributed by atoms with Crippen molar-refractivity contribution in [3.05, 3.63) is 64.8 Å². The second kappa shape index (κ2) is 7.85. The van der Waals surface area contributed by atoms with Gasteiger partial charge in [-0.25, -0.2) is 4.39 Å². The number of nitrogens with one attached hydrogen (secondary N) is 1. The third-order valence-corrected chi connectivity index (χ3v) is 5.34. The van der Waals surface area contributed by atoms with Gasteiger partial charge in [-0.15, -0.1) is 11.3 Å². The highest BCUT2D eigenvalue weighted by molar-refractivity contribution is 7.17. The average molecular weight is 372 g/mol. The largest absolute Gasteiger partial charge is 0.494 e. The first-order valence-corrected chi connectivity index (χ1v) is 9.13. The number of hydrogen-bond donors (Lipinski definition) is 1. The molecule has 0 aliphatic rings. The molecule has 3 aromatic rings. The number of nitrogens with zero attached hydrogens (tertiary/aromatic N) is 1. The molecular formula is C20H21FN2O2S. The summed E-state index contributed by atoms with van der Waals surface area (Å²) in [4.78, 5) is 14.5. The van der Waals surface area contributed by atoms with Crippen LogP contribution in [0.2, 0.25) is 0 Å². The van der Waals surface area contributed by atoms with Crippen LogP contribution in [0.4, 0.5) is 4.39 Å². The molecule has 3 rings (SSSR count). The fourth-order valence-corrected chi connectivity index (χ4v) is 3.93. The lowest BCUT2D eigenvalue weighted by Crippen LogP contribution is -2.34. The highest BCUT2D eigenvalue weighted by Crippen LogP contribution is 2.32. The maximum atomic E-state index is 13.8. The van der Waals surface area contributed by atoms with Crippen LogP contribution in [-0.4, -0.2) is 38.6 Å². The molecule has 0 unspecified atom stereocenters. The molecule has 1 heterocycles. The Labute approximate surface area is 156 Å². The van der Waals surface area contributed by atoms with E-state index < -0.39 is 5.82 Å². The number of amides is 1. The topological polar surface area (TPSA) is 41.6 Å². The lowest BCUT2D eigenvalue weighted by atomic mass is 10.0. The van der Waals surface area contributed by atoms with Crippen molar-refractivity contribution in [2.75, 3.05) is 27.7 Å². The molecule has 0 aliphatic heterocycles. The van der Waals surface area contributed by atoms with Gasteiger partial charge in [-0.1, -0.05) is 18.2 Å². The zero-order valence-electron chi connectivity index (χ0n) is 15.0. The van der Waals surface area contributed by atoms with Gasteiger partial charge in [0.2, 0.25) is 0 Å². The summed E-state index contributed by atoms with van der Waals surface area (Å²) in [5.41, 5.74) is 1.45. The number of carbonyl (C=O) groups excluding carboxylic acids is 1. The Balaban J connectivity index is 1.77. The molecule has 1 amide bonds. The lowest BCUT2D eigenvalue weighted by Gasteiger charge is -2.24. The van der Waals surface area contributed by atoms with Crippen LogP contribution in [0, 0.1) is 5.82 Å². The van der Waals surface area contributed by atoms with Gasteiger partial charge in [0.15, 0.2) is 11.6 Å². The number of ether oxygens (including phenoxy) is 1. The Morgan fingerprint density at radius 2 is 2.04 bits per heavy atom. The van der Waals surface area contributed by atoms with Crippen LogP contribution in [0.15, 0.2) is 47.8 Å². The van der Waals surface area contributed by atoms with E-state index in [0.717, 1.165) is 0 Å². The minimum atomic E-state index is -0.548. The van der Waals surface area contributed by atoms with E-state index in [0.29, 0.717) is 6.54 Å². The van der Waals surface area contributed by atoms with Crippen LogP contribution < -0.4 is 10.1 Å². The number of likely N-dealkylation sites (N-methyl/N-ethyl adjacent to an activating group) is 1. The van der Waals surface area contributed by atoms with E-state index in [-0.39, 0.29) is 23.3 Å². The fraction of sp³-hybridized carbons (Fsp3) is 0.250. The number of hydrogen-bond acceptors (Lipinski definition) is 4. The van der Waals surface area contributed by atoms with Crippen molar-refractivity contribution >= 4 is 27.3 Å². The molecule has 0 spiro atoms. The number of benzene rings is 2. The summed E-state index contributed by atoms with van der Waals surface area (Å²) in [5, 5.41) is 6.24. The summed E-state index contributed by atoms with van der Waals surface area (Å²) in [6.45, 7) is 0.431. The Morgan fingerprint density at radius 3 is 2.73 bits per heavy atom. The Bertz CT molecular complexity index is 923. The van der Waals surface area contributed by atoms with Gasteiger partial charge in [0.25, 0.3) is 5.91 Å². The molecule has 6 heteroatoms. The molecular weight excluding hydrogens is 351 g/mol. The molecule has 1 atom stereocenters. The zero-order chi connectivity index (χ0) is 18.7. The van der Waals surface area contributed by atoms with Gasteiger partial charge >= 0.3 is 0 Å². The van der Waals surface area contributed by atoms with Crippen molar-refractivity contribution in [1.82, 2.24) is 10.2 Å². The predicted octanol–water partition coefficient (Wildman–Crippen LogP) is 4.08. The smallest absolute Gasteiger partial charge is 0.251 e. The second-order valence-corrected chi connectivity index (χ2v) is 7.14. The molecule has 0 saturated heterocycles. The van der Waals surface area contributed by atoms with Crippen LogP contribution in [0.1, 0.15) is 22.0 Å². The molecule has 0 radical (unpaired) electrons. The molecule has 0 fully saturated rings. The van der Waals surface area contributed by atoms with Gasteiger partial charge in [0, 0.05) is 16.8 Å². The molecule has 0 aliphatic carbocycles. The van der Waals surface area contributed by atoms with E-state index in [1.54, 1.807) is 17.4 Å². The van der Waals surface area contributed by atoms with Gasteiger partial charge in [-0.05, 0) is 54.7 Å². The Morgan fingerprint density at radius 1 is 1.27 bits per heavy atom. The normalized spacial score (nSPS) is 12.3. The monoisotopic (exact) mass is 372 g/mol. The molecule has 136 valence electrons. The van der Waals surface area contributed by atoms with E-state index in [1.807, 2.05) is 26.2 Å². The molecule has 0 saturated carbocycles. The van der Waals surface area contributed by atoms with Crippen molar-refractivity contribution in [2.24, 2.45) is 0 Å². The predicted molar refractivity (Wildman–Crippen MR) is 104 cm³/mol. The van der Waals surface area contributed by atoms with Crippen LogP contribution in [0.3, 0.4) is 0 Å². The number of carbonyl (C=O) groups is 1. The van der Waals surface area contributed by atoms with E-state index in [9.17, 15) is 9.18 Å². The first-order chi connectivity index (χ1) is 12.5. The van der Waals surface area contributed by atoms with Gasteiger partial charge in [0.05, 0.1) is 13.2 Å². The molecule has 4 nitrogen and oxygen atoms in total. The Hall–Kier alpha value is -2.44. The van der Waals surface area contributed by atoms with Crippen LogP contribution in [0.5, 0.6) is 5.75 Å². The van der Waals surface area contributed by atoms with Gasteiger partial charge in [0.1, 0.15) is 0 Å². The van der Waals surface area contributed by atoms with Crippen molar-refractivity contribution in [1.29, 1.82) is 0 Å². The molecule has 2 aromatic carbocycles. The number of thiophene rings is 1. The van der Waals surface area contributed by atoms with E-state index >= 15 is 0 Å². The zero-order valence-corrected chi connectivity index (χ0v) is 15.8. The summed E-state index contributed by atoms with van der Waals surface area (Å²) in [5.74, 6) is -0.733. The minimum Gasteiger partial charge on any atom is -0.494 e. The molecule has 26 heavy (non-hydrogen) atoms. The summed E-state index contributed by atoms with van der Waals surface area (Å²) >= 11 is 1.69. The summed E-state index contributed by atoms with van der Waals surface area (Å²) in [6, 6.07) is 12.5. The van der Waals surface area contributed by atoms with E-state index in [1.165, 1.54) is 34.9 Å². The second-order valence-electron chi connectivity index (χ2n) is 6.23. The van der Waals surface area contributed by atoms with E-state index in [2.05, 4.69) is 27.7 Å². The summed E-state index contributed by atoms with van der Waals surface area (Å²) in [7, 11) is 5.36. The van der Waals surface area contributed by atoms with E-state index in [4.69, 9.17) is 4.74 Å². The number of fused-ring (bicyclic) bond motifs is 1. The SMILES string of the molecule is COc1ccc(C(=O)NC[C@@H](c2csc3ccccc23)N(C)C)cc1F. The number of halogens is 1. The van der Waals surface area contributed by atoms with Crippen molar-refractivity contribution in [2.45, 2.75) is 6.04 Å². The Kier molecular flexibility index (Phi) is 5.54. The van der Waals surface area contributed by atoms with Gasteiger partial charge < -0.3 is 15.0 Å². The van der Waals surface area contributed by atoms with Gasteiger partial charge in [-0.2, -0.15) is 0 Å². The summed E-state index contributed by atoms with van der Waals surface area (Å²) < 4.78 is 19.9.